The van der Waals surface area contributed by atoms with Gasteiger partial charge < -0.3 is 10.1 Å². The van der Waals surface area contributed by atoms with Crippen molar-refractivity contribution >= 4 is 23.1 Å². The van der Waals surface area contributed by atoms with Gasteiger partial charge in [-0.25, -0.2) is 14.2 Å². The van der Waals surface area contributed by atoms with Gasteiger partial charge in [0.05, 0.1) is 11.8 Å². The first-order chi connectivity index (χ1) is 7.18. The maximum atomic E-state index is 13.6. The second kappa shape index (κ2) is 3.53. The lowest BCUT2D eigenvalue weighted by Crippen LogP contribution is -1.88. The number of carboxylic acids is 1. The number of halogens is 1. The standard InChI is InChI=1S/C10H7FN2O2/c11-9-6(2-4-8(14)15)1-3-7-10(9)13-5-12-7/h1-5H,(H,12,13)(H,14,15)/b4-2+. The number of nitrogens with zero attached hydrogens (tertiary/aromatic N) is 1. The first kappa shape index (κ1) is 9.39. The minimum Gasteiger partial charge on any atom is -0.478 e. The van der Waals surface area contributed by atoms with Crippen LogP contribution in [0.4, 0.5) is 4.39 Å². The zero-order valence-electron chi connectivity index (χ0n) is 7.57. The zero-order valence-corrected chi connectivity index (χ0v) is 7.57. The summed E-state index contributed by atoms with van der Waals surface area (Å²) >= 11 is 0. The van der Waals surface area contributed by atoms with Crippen molar-refractivity contribution < 1.29 is 14.3 Å². The van der Waals surface area contributed by atoms with Gasteiger partial charge in [0, 0.05) is 11.6 Å². The highest BCUT2D eigenvalue weighted by molar-refractivity contribution is 5.87. The molecule has 0 bridgehead atoms. The van der Waals surface area contributed by atoms with E-state index in [0.717, 1.165) is 6.08 Å². The third kappa shape index (κ3) is 1.71. The minimum atomic E-state index is -1.11. The Morgan fingerprint density at radius 3 is 3.07 bits per heavy atom. The van der Waals surface area contributed by atoms with E-state index in [-0.39, 0.29) is 11.1 Å². The molecule has 2 aromatic rings. The Kier molecular flexibility index (Phi) is 2.21. The van der Waals surface area contributed by atoms with Gasteiger partial charge in [0.2, 0.25) is 0 Å². The Morgan fingerprint density at radius 1 is 1.53 bits per heavy atom. The van der Waals surface area contributed by atoms with Crippen molar-refractivity contribution in [1.82, 2.24) is 9.97 Å². The van der Waals surface area contributed by atoms with E-state index in [0.29, 0.717) is 5.52 Å². The highest BCUT2D eigenvalue weighted by Gasteiger charge is 2.06. The van der Waals surface area contributed by atoms with Gasteiger partial charge in [-0.2, -0.15) is 0 Å². The molecule has 1 heterocycles. The first-order valence-electron chi connectivity index (χ1n) is 4.21. The van der Waals surface area contributed by atoms with Crippen molar-refractivity contribution in [3.63, 3.8) is 0 Å². The number of hydrogen-bond donors (Lipinski definition) is 2. The van der Waals surface area contributed by atoms with E-state index < -0.39 is 11.8 Å². The molecule has 15 heavy (non-hydrogen) atoms. The number of rotatable bonds is 2. The highest BCUT2D eigenvalue weighted by Crippen LogP contribution is 2.18. The number of benzene rings is 1. The molecule has 0 unspecified atom stereocenters. The van der Waals surface area contributed by atoms with Gasteiger partial charge in [-0.15, -0.1) is 0 Å². The summed E-state index contributed by atoms with van der Waals surface area (Å²) < 4.78 is 13.6. The van der Waals surface area contributed by atoms with Gasteiger partial charge in [0.1, 0.15) is 5.52 Å². The molecular weight excluding hydrogens is 199 g/mol. The summed E-state index contributed by atoms with van der Waals surface area (Å²) in [4.78, 5) is 16.8. The molecule has 0 radical (unpaired) electrons. The topological polar surface area (TPSA) is 66.0 Å². The van der Waals surface area contributed by atoms with E-state index in [1.807, 2.05) is 0 Å². The van der Waals surface area contributed by atoms with Crippen molar-refractivity contribution in [2.75, 3.05) is 0 Å². The monoisotopic (exact) mass is 206 g/mol. The fraction of sp³-hybridized carbons (Fsp3) is 0. The Bertz CT molecular complexity index is 545. The van der Waals surface area contributed by atoms with Crippen LogP contribution in [0.15, 0.2) is 24.5 Å². The maximum Gasteiger partial charge on any atom is 0.328 e. The smallest absolute Gasteiger partial charge is 0.328 e. The number of carboxylic acid groups (broad SMARTS) is 1. The third-order valence-corrected chi connectivity index (χ3v) is 1.97. The highest BCUT2D eigenvalue weighted by atomic mass is 19.1. The molecule has 0 saturated carbocycles. The molecule has 1 aromatic heterocycles. The normalized spacial score (nSPS) is 11.3. The van der Waals surface area contributed by atoms with Crippen LogP contribution in [0.3, 0.4) is 0 Å². The van der Waals surface area contributed by atoms with Gasteiger partial charge in [0.15, 0.2) is 5.82 Å². The van der Waals surface area contributed by atoms with Crippen LogP contribution in [-0.2, 0) is 4.79 Å². The Balaban J connectivity index is 2.52. The van der Waals surface area contributed by atoms with Crippen molar-refractivity contribution in [1.29, 1.82) is 0 Å². The Morgan fingerprint density at radius 2 is 2.33 bits per heavy atom. The summed E-state index contributed by atoms with van der Waals surface area (Å²) in [6.07, 6.45) is 3.47. The summed E-state index contributed by atoms with van der Waals surface area (Å²) in [7, 11) is 0. The molecule has 1 aromatic carbocycles. The average Bonchev–Trinajstić information content (AvgIpc) is 2.65. The van der Waals surface area contributed by atoms with Crippen LogP contribution in [-0.4, -0.2) is 21.0 Å². The summed E-state index contributed by atoms with van der Waals surface area (Å²) in [5.41, 5.74) is 1.000. The number of carbonyl (C=O) groups is 1. The Hall–Kier alpha value is -2.17. The van der Waals surface area contributed by atoms with Gasteiger partial charge in [0.25, 0.3) is 0 Å². The zero-order chi connectivity index (χ0) is 10.8. The van der Waals surface area contributed by atoms with Crippen molar-refractivity contribution in [2.24, 2.45) is 0 Å². The molecule has 2 rings (SSSR count). The van der Waals surface area contributed by atoms with Crippen LogP contribution in [0.1, 0.15) is 5.56 Å². The Labute approximate surface area is 84.1 Å². The second-order valence-electron chi connectivity index (χ2n) is 2.94. The van der Waals surface area contributed by atoms with Gasteiger partial charge in [-0.1, -0.05) is 0 Å². The fourth-order valence-electron chi connectivity index (χ4n) is 1.28. The molecule has 76 valence electrons. The lowest BCUT2D eigenvalue weighted by Gasteiger charge is -1.96. The molecule has 0 spiro atoms. The molecule has 0 atom stereocenters. The molecule has 0 aliphatic heterocycles. The van der Waals surface area contributed by atoms with E-state index in [2.05, 4.69) is 9.97 Å². The summed E-state index contributed by atoms with van der Waals surface area (Å²) in [6.45, 7) is 0. The van der Waals surface area contributed by atoms with E-state index in [1.54, 1.807) is 6.07 Å². The second-order valence-corrected chi connectivity index (χ2v) is 2.94. The maximum absolute atomic E-state index is 13.6. The van der Waals surface area contributed by atoms with Gasteiger partial charge in [-0.3, -0.25) is 0 Å². The average molecular weight is 206 g/mol. The number of hydrogen-bond acceptors (Lipinski definition) is 2. The van der Waals surface area contributed by atoms with E-state index in [1.165, 1.54) is 18.5 Å². The lowest BCUT2D eigenvalue weighted by atomic mass is 10.1. The minimum absolute atomic E-state index is 0.206. The van der Waals surface area contributed by atoms with E-state index >= 15 is 0 Å². The molecule has 4 nitrogen and oxygen atoms in total. The number of aromatic nitrogens is 2. The van der Waals surface area contributed by atoms with E-state index in [9.17, 15) is 9.18 Å². The predicted octanol–water partition coefficient (Wildman–Crippen LogP) is 1.80. The molecule has 0 amide bonds. The predicted molar refractivity (Wildman–Crippen MR) is 52.7 cm³/mol. The van der Waals surface area contributed by atoms with Crippen LogP contribution >= 0.6 is 0 Å². The van der Waals surface area contributed by atoms with Crippen LogP contribution in [0.2, 0.25) is 0 Å². The SMILES string of the molecule is O=C(O)/C=C/c1ccc2[nH]cnc2c1F. The quantitative estimate of drug-likeness (QED) is 0.736. The number of aliphatic carboxylic acids is 1. The molecule has 0 aliphatic carbocycles. The van der Waals surface area contributed by atoms with Crippen LogP contribution < -0.4 is 0 Å². The van der Waals surface area contributed by atoms with Crippen molar-refractivity contribution in [2.45, 2.75) is 0 Å². The van der Waals surface area contributed by atoms with Crippen LogP contribution in [0.25, 0.3) is 17.1 Å². The largest absolute Gasteiger partial charge is 0.478 e. The summed E-state index contributed by atoms with van der Waals surface area (Å²) in [6, 6.07) is 3.14. The number of aromatic amines is 1. The van der Waals surface area contributed by atoms with Crippen molar-refractivity contribution in [3.05, 3.63) is 35.9 Å². The molecule has 2 N–H and O–H groups in total. The van der Waals surface area contributed by atoms with Crippen LogP contribution in [0.5, 0.6) is 0 Å². The molecule has 0 saturated heterocycles. The summed E-state index contributed by atoms with van der Waals surface area (Å²) in [5, 5.41) is 8.41. The number of imidazole rings is 1. The summed E-state index contributed by atoms with van der Waals surface area (Å²) in [5.74, 6) is -1.64. The number of fused-ring (bicyclic) bond motifs is 1. The molecule has 0 aliphatic rings. The first-order valence-corrected chi connectivity index (χ1v) is 4.21. The number of nitrogens with one attached hydrogen (secondary N) is 1. The third-order valence-electron chi connectivity index (χ3n) is 1.97. The number of H-pyrrole nitrogens is 1. The lowest BCUT2D eigenvalue weighted by molar-refractivity contribution is -0.131. The van der Waals surface area contributed by atoms with Gasteiger partial charge in [-0.05, 0) is 18.2 Å². The molecular formula is C10H7FN2O2. The molecule has 0 fully saturated rings. The fourth-order valence-corrected chi connectivity index (χ4v) is 1.28. The van der Waals surface area contributed by atoms with Crippen LogP contribution in [0, 0.1) is 5.82 Å². The van der Waals surface area contributed by atoms with Gasteiger partial charge >= 0.3 is 5.97 Å². The van der Waals surface area contributed by atoms with Crippen molar-refractivity contribution in [3.8, 4) is 0 Å². The van der Waals surface area contributed by atoms with E-state index in [4.69, 9.17) is 5.11 Å². The molecule has 5 heteroatoms.